The van der Waals surface area contributed by atoms with Gasteiger partial charge in [0, 0.05) is 12.7 Å². The van der Waals surface area contributed by atoms with Crippen LogP contribution >= 0.6 is 0 Å². The molecule has 1 aromatic heterocycles. The number of nitrogens with zero attached hydrogens (tertiary/aromatic N) is 3. The summed E-state index contributed by atoms with van der Waals surface area (Å²) in [6, 6.07) is 0. The van der Waals surface area contributed by atoms with Gasteiger partial charge in [0.05, 0.1) is 5.69 Å². The van der Waals surface area contributed by atoms with Crippen LogP contribution in [-0.4, -0.2) is 21.5 Å². The van der Waals surface area contributed by atoms with Gasteiger partial charge in [-0.05, 0) is 38.1 Å². The largest absolute Gasteiger partial charge is 0.330 e. The second kappa shape index (κ2) is 5.26. The quantitative estimate of drug-likeness (QED) is 0.795. The summed E-state index contributed by atoms with van der Waals surface area (Å²) in [6.45, 7) is 1.78. The molecule has 4 heteroatoms. The monoisotopic (exact) mass is 208 g/mol. The fourth-order valence-corrected chi connectivity index (χ4v) is 2.28. The zero-order valence-electron chi connectivity index (χ0n) is 9.23. The van der Waals surface area contributed by atoms with E-state index in [0.717, 1.165) is 37.5 Å². The van der Waals surface area contributed by atoms with Crippen molar-refractivity contribution in [3.63, 3.8) is 0 Å². The third kappa shape index (κ3) is 3.02. The summed E-state index contributed by atoms with van der Waals surface area (Å²) in [6.07, 6.45) is 9.53. The van der Waals surface area contributed by atoms with Crippen molar-refractivity contribution in [1.29, 1.82) is 0 Å². The zero-order chi connectivity index (χ0) is 10.5. The number of hydrogen-bond donors (Lipinski definition) is 1. The SMILES string of the molecule is NCCCc1cn(CC2CCCC2)nn1. The van der Waals surface area contributed by atoms with Gasteiger partial charge in [-0.15, -0.1) is 5.10 Å². The van der Waals surface area contributed by atoms with Gasteiger partial charge < -0.3 is 5.73 Å². The number of hydrogen-bond acceptors (Lipinski definition) is 3. The van der Waals surface area contributed by atoms with E-state index in [4.69, 9.17) is 5.73 Å². The molecule has 0 amide bonds. The molecule has 1 fully saturated rings. The van der Waals surface area contributed by atoms with E-state index < -0.39 is 0 Å². The fourth-order valence-electron chi connectivity index (χ4n) is 2.28. The van der Waals surface area contributed by atoms with Crippen molar-refractivity contribution in [2.24, 2.45) is 11.7 Å². The molecule has 84 valence electrons. The fraction of sp³-hybridized carbons (Fsp3) is 0.818. The molecule has 4 nitrogen and oxygen atoms in total. The summed E-state index contributed by atoms with van der Waals surface area (Å²) in [5, 5.41) is 8.31. The molecule has 1 aliphatic carbocycles. The first-order valence-corrected chi connectivity index (χ1v) is 5.97. The van der Waals surface area contributed by atoms with Crippen LogP contribution in [-0.2, 0) is 13.0 Å². The molecule has 1 aliphatic rings. The molecule has 2 N–H and O–H groups in total. The molecule has 0 radical (unpaired) electrons. The van der Waals surface area contributed by atoms with E-state index in [1.807, 2.05) is 4.68 Å². The Kier molecular flexibility index (Phi) is 3.72. The first-order chi connectivity index (χ1) is 7.38. The lowest BCUT2D eigenvalue weighted by molar-refractivity contribution is 0.421. The number of rotatable bonds is 5. The lowest BCUT2D eigenvalue weighted by Crippen LogP contribution is -2.07. The highest BCUT2D eigenvalue weighted by molar-refractivity contribution is 4.92. The average Bonchev–Trinajstić information content (AvgIpc) is 2.87. The minimum atomic E-state index is 0.732. The van der Waals surface area contributed by atoms with Gasteiger partial charge in [0.2, 0.25) is 0 Å². The van der Waals surface area contributed by atoms with Crippen molar-refractivity contribution in [3.05, 3.63) is 11.9 Å². The lowest BCUT2D eigenvalue weighted by atomic mass is 10.1. The van der Waals surface area contributed by atoms with Crippen molar-refractivity contribution in [2.75, 3.05) is 6.54 Å². The van der Waals surface area contributed by atoms with E-state index >= 15 is 0 Å². The third-order valence-corrected chi connectivity index (χ3v) is 3.14. The van der Waals surface area contributed by atoms with Gasteiger partial charge in [-0.3, -0.25) is 4.68 Å². The Morgan fingerprint density at radius 2 is 2.20 bits per heavy atom. The van der Waals surface area contributed by atoms with E-state index in [1.165, 1.54) is 25.7 Å². The van der Waals surface area contributed by atoms with E-state index in [1.54, 1.807) is 0 Å². The second-order valence-electron chi connectivity index (χ2n) is 4.47. The Balaban J connectivity index is 1.83. The maximum absolute atomic E-state index is 5.46. The van der Waals surface area contributed by atoms with Crippen LogP contribution in [0.2, 0.25) is 0 Å². The summed E-state index contributed by atoms with van der Waals surface area (Å²) >= 11 is 0. The van der Waals surface area contributed by atoms with Crippen LogP contribution in [0.15, 0.2) is 6.20 Å². The summed E-state index contributed by atoms with van der Waals surface area (Å²) in [7, 11) is 0. The summed E-state index contributed by atoms with van der Waals surface area (Å²) in [5.74, 6) is 0.828. The van der Waals surface area contributed by atoms with Crippen molar-refractivity contribution in [3.8, 4) is 0 Å². The van der Waals surface area contributed by atoms with Crippen LogP contribution < -0.4 is 5.73 Å². The van der Waals surface area contributed by atoms with Crippen LogP contribution in [0.1, 0.15) is 37.8 Å². The molecule has 0 spiro atoms. The molecule has 1 aromatic rings. The number of aryl methyl sites for hydroxylation is 1. The van der Waals surface area contributed by atoms with Gasteiger partial charge in [0.15, 0.2) is 0 Å². The topological polar surface area (TPSA) is 56.7 Å². The van der Waals surface area contributed by atoms with Crippen molar-refractivity contribution in [1.82, 2.24) is 15.0 Å². The zero-order valence-corrected chi connectivity index (χ0v) is 9.23. The summed E-state index contributed by atoms with van der Waals surface area (Å²) in [5.41, 5.74) is 6.54. The molecule has 1 saturated carbocycles. The Morgan fingerprint density at radius 3 is 2.93 bits per heavy atom. The summed E-state index contributed by atoms with van der Waals surface area (Å²) < 4.78 is 2.00. The molecule has 0 aromatic carbocycles. The predicted octanol–water partition coefficient (Wildman–Crippen LogP) is 1.36. The Bertz CT molecular complexity index is 289. The Labute approximate surface area is 90.8 Å². The molecule has 1 heterocycles. The smallest absolute Gasteiger partial charge is 0.0827 e. The van der Waals surface area contributed by atoms with E-state index in [0.29, 0.717) is 0 Å². The predicted molar refractivity (Wildman–Crippen MR) is 59.4 cm³/mol. The lowest BCUT2D eigenvalue weighted by Gasteiger charge is -2.06. The second-order valence-corrected chi connectivity index (χ2v) is 4.47. The first kappa shape index (κ1) is 10.6. The van der Waals surface area contributed by atoms with Gasteiger partial charge >= 0.3 is 0 Å². The van der Waals surface area contributed by atoms with Gasteiger partial charge in [-0.25, -0.2) is 0 Å². The molecular weight excluding hydrogens is 188 g/mol. The highest BCUT2D eigenvalue weighted by atomic mass is 15.4. The maximum Gasteiger partial charge on any atom is 0.0827 e. The molecule has 2 rings (SSSR count). The molecule has 0 atom stereocenters. The first-order valence-electron chi connectivity index (χ1n) is 5.97. The number of aromatic nitrogens is 3. The van der Waals surface area contributed by atoms with Crippen molar-refractivity contribution < 1.29 is 0 Å². The molecule has 0 saturated heterocycles. The van der Waals surface area contributed by atoms with E-state index in [2.05, 4.69) is 16.5 Å². The normalized spacial score (nSPS) is 17.4. The van der Waals surface area contributed by atoms with Crippen molar-refractivity contribution in [2.45, 2.75) is 45.1 Å². The molecular formula is C11H20N4. The highest BCUT2D eigenvalue weighted by Crippen LogP contribution is 2.25. The maximum atomic E-state index is 5.46. The third-order valence-electron chi connectivity index (χ3n) is 3.14. The van der Waals surface area contributed by atoms with Gasteiger partial charge in [0.1, 0.15) is 0 Å². The molecule has 0 unspecified atom stereocenters. The van der Waals surface area contributed by atoms with Crippen molar-refractivity contribution >= 4 is 0 Å². The molecule has 0 bridgehead atoms. The van der Waals surface area contributed by atoms with E-state index in [9.17, 15) is 0 Å². The van der Waals surface area contributed by atoms with E-state index in [-0.39, 0.29) is 0 Å². The minimum Gasteiger partial charge on any atom is -0.330 e. The van der Waals surface area contributed by atoms with Crippen LogP contribution in [0.5, 0.6) is 0 Å². The van der Waals surface area contributed by atoms with Crippen LogP contribution in [0.25, 0.3) is 0 Å². The highest BCUT2D eigenvalue weighted by Gasteiger charge is 2.15. The average molecular weight is 208 g/mol. The minimum absolute atomic E-state index is 0.732. The van der Waals surface area contributed by atoms with Crippen LogP contribution in [0.4, 0.5) is 0 Å². The number of nitrogens with two attached hydrogens (primary N) is 1. The Morgan fingerprint density at radius 1 is 1.40 bits per heavy atom. The van der Waals surface area contributed by atoms with Gasteiger partial charge in [-0.2, -0.15) is 0 Å². The van der Waals surface area contributed by atoms with Crippen LogP contribution in [0, 0.1) is 5.92 Å². The summed E-state index contributed by atoms with van der Waals surface area (Å²) in [4.78, 5) is 0. The standard InChI is InChI=1S/C11H20N4/c12-7-3-6-11-9-15(14-13-11)8-10-4-1-2-5-10/h9-10H,1-8,12H2. The molecule has 0 aliphatic heterocycles. The van der Waals surface area contributed by atoms with Crippen LogP contribution in [0.3, 0.4) is 0 Å². The Hall–Kier alpha value is -0.900. The molecule has 15 heavy (non-hydrogen) atoms. The van der Waals surface area contributed by atoms with Gasteiger partial charge in [-0.1, -0.05) is 18.1 Å². The van der Waals surface area contributed by atoms with Gasteiger partial charge in [0.25, 0.3) is 0 Å².